The van der Waals surface area contributed by atoms with Crippen LogP contribution in [0.4, 0.5) is 0 Å². The first-order valence-corrected chi connectivity index (χ1v) is 12.5. The van der Waals surface area contributed by atoms with Gasteiger partial charge in [-0.05, 0) is 75.0 Å². The molecule has 1 aliphatic carbocycles. The Bertz CT molecular complexity index is 711. The van der Waals surface area contributed by atoms with Crippen molar-refractivity contribution in [3.05, 3.63) is 35.4 Å². The van der Waals surface area contributed by atoms with Gasteiger partial charge >= 0.3 is 0 Å². The van der Waals surface area contributed by atoms with Crippen LogP contribution in [-0.4, -0.2) is 56.1 Å². The molecule has 0 spiro atoms. The van der Waals surface area contributed by atoms with Crippen LogP contribution in [0, 0.1) is 11.8 Å². The lowest BCUT2D eigenvalue weighted by molar-refractivity contribution is 0.135. The molecular formula is C22H36N2O2S. The third-order valence-electron chi connectivity index (χ3n) is 6.69. The number of fused-ring (bicyclic) bond motifs is 1. The first kappa shape index (κ1) is 20.8. The molecule has 0 saturated carbocycles. The van der Waals surface area contributed by atoms with Crippen LogP contribution in [0.3, 0.4) is 0 Å². The van der Waals surface area contributed by atoms with Crippen LogP contribution in [0.15, 0.2) is 24.3 Å². The summed E-state index contributed by atoms with van der Waals surface area (Å²) in [6, 6.07) is 9.52. The fourth-order valence-corrected chi connectivity index (χ4v) is 5.86. The molecule has 1 fully saturated rings. The summed E-state index contributed by atoms with van der Waals surface area (Å²) in [6.07, 6.45) is 8.35. The van der Waals surface area contributed by atoms with E-state index in [0.29, 0.717) is 25.0 Å². The van der Waals surface area contributed by atoms with Crippen LogP contribution in [0.5, 0.6) is 0 Å². The van der Waals surface area contributed by atoms with E-state index in [1.807, 2.05) is 0 Å². The van der Waals surface area contributed by atoms with Crippen molar-refractivity contribution in [1.82, 2.24) is 9.21 Å². The molecule has 152 valence electrons. The molecule has 5 heteroatoms. The summed E-state index contributed by atoms with van der Waals surface area (Å²) >= 11 is 0. The van der Waals surface area contributed by atoms with Gasteiger partial charge in [0, 0.05) is 25.7 Å². The number of hydrogen-bond donors (Lipinski definition) is 0. The van der Waals surface area contributed by atoms with E-state index in [1.54, 1.807) is 15.4 Å². The van der Waals surface area contributed by atoms with Crippen molar-refractivity contribution < 1.29 is 8.42 Å². The van der Waals surface area contributed by atoms with E-state index in [1.165, 1.54) is 31.9 Å². The summed E-state index contributed by atoms with van der Waals surface area (Å²) < 4.78 is 25.0. The molecule has 2 atom stereocenters. The predicted molar refractivity (Wildman–Crippen MR) is 112 cm³/mol. The molecule has 3 rings (SSSR count). The normalized spacial score (nSPS) is 23.3. The number of piperidine rings is 1. The Labute approximate surface area is 166 Å². The average molecular weight is 393 g/mol. The minimum absolute atomic E-state index is 0.596. The Balaban J connectivity index is 1.49. The van der Waals surface area contributed by atoms with Crippen LogP contribution < -0.4 is 0 Å². The maximum atomic E-state index is 11.7. The Morgan fingerprint density at radius 3 is 2.41 bits per heavy atom. The van der Waals surface area contributed by atoms with Crippen molar-refractivity contribution in [3.63, 3.8) is 0 Å². The van der Waals surface area contributed by atoms with Gasteiger partial charge < -0.3 is 4.90 Å². The third kappa shape index (κ3) is 5.55. The van der Waals surface area contributed by atoms with Gasteiger partial charge in [0.1, 0.15) is 0 Å². The second-order valence-corrected chi connectivity index (χ2v) is 10.6. The molecular weight excluding hydrogens is 356 g/mol. The summed E-state index contributed by atoms with van der Waals surface area (Å²) in [7, 11) is -3.02. The van der Waals surface area contributed by atoms with E-state index in [2.05, 4.69) is 43.0 Å². The molecule has 1 aromatic carbocycles. The lowest BCUT2D eigenvalue weighted by Crippen LogP contribution is -2.43. The second kappa shape index (κ2) is 9.06. The van der Waals surface area contributed by atoms with Gasteiger partial charge in [0.05, 0.1) is 6.26 Å². The maximum Gasteiger partial charge on any atom is 0.211 e. The first-order chi connectivity index (χ1) is 12.9. The molecule has 1 aromatic rings. The van der Waals surface area contributed by atoms with E-state index < -0.39 is 10.0 Å². The van der Waals surface area contributed by atoms with Crippen LogP contribution in [0.2, 0.25) is 0 Å². The van der Waals surface area contributed by atoms with Gasteiger partial charge in [-0.3, -0.25) is 0 Å². The van der Waals surface area contributed by atoms with Crippen LogP contribution in [-0.2, 0) is 22.9 Å². The minimum Gasteiger partial charge on any atom is -0.301 e. The summed E-state index contributed by atoms with van der Waals surface area (Å²) in [5.41, 5.74) is 3.10. The zero-order chi connectivity index (χ0) is 19.4. The highest BCUT2D eigenvalue weighted by atomic mass is 32.2. The van der Waals surface area contributed by atoms with Crippen molar-refractivity contribution in [3.8, 4) is 0 Å². The summed E-state index contributed by atoms with van der Waals surface area (Å²) in [5, 5.41) is 0. The molecule has 1 heterocycles. The molecule has 0 bridgehead atoms. The Kier molecular flexibility index (Phi) is 6.98. The summed E-state index contributed by atoms with van der Waals surface area (Å²) in [6.45, 7) is 8.22. The van der Waals surface area contributed by atoms with E-state index in [0.717, 1.165) is 31.8 Å². The van der Waals surface area contributed by atoms with Crippen molar-refractivity contribution in [2.45, 2.75) is 58.4 Å². The molecule has 2 unspecified atom stereocenters. The van der Waals surface area contributed by atoms with Gasteiger partial charge in [-0.15, -0.1) is 0 Å². The number of rotatable bonds is 7. The van der Waals surface area contributed by atoms with Crippen LogP contribution in [0.25, 0.3) is 0 Å². The van der Waals surface area contributed by atoms with Crippen LogP contribution in [0.1, 0.15) is 50.7 Å². The quantitative estimate of drug-likeness (QED) is 0.712. The SMILES string of the molecule is CCN(CC1CCN(S(C)(=O)=O)CC1)C(C)CC1CCc2ccccc2C1. The van der Waals surface area contributed by atoms with E-state index >= 15 is 0 Å². The average Bonchev–Trinajstić information content (AvgIpc) is 2.65. The fraction of sp³-hybridized carbons (Fsp3) is 0.727. The second-order valence-electron chi connectivity index (χ2n) is 8.66. The zero-order valence-electron chi connectivity index (χ0n) is 17.2. The summed E-state index contributed by atoms with van der Waals surface area (Å²) in [4.78, 5) is 2.63. The Hall–Kier alpha value is -0.910. The monoisotopic (exact) mass is 392 g/mol. The van der Waals surface area contributed by atoms with Crippen LogP contribution >= 0.6 is 0 Å². The highest BCUT2D eigenvalue weighted by Crippen LogP contribution is 2.30. The van der Waals surface area contributed by atoms with Gasteiger partial charge in [-0.2, -0.15) is 0 Å². The number of nitrogens with zero attached hydrogens (tertiary/aromatic N) is 2. The van der Waals surface area contributed by atoms with E-state index in [9.17, 15) is 8.42 Å². The van der Waals surface area contributed by atoms with Crippen molar-refractivity contribution in [2.24, 2.45) is 11.8 Å². The molecule has 27 heavy (non-hydrogen) atoms. The van der Waals surface area contributed by atoms with E-state index in [-0.39, 0.29) is 0 Å². The highest BCUT2D eigenvalue weighted by molar-refractivity contribution is 7.88. The molecule has 0 N–H and O–H groups in total. The molecule has 4 nitrogen and oxygen atoms in total. The number of hydrogen-bond acceptors (Lipinski definition) is 3. The Morgan fingerprint density at radius 2 is 1.78 bits per heavy atom. The number of sulfonamides is 1. The topological polar surface area (TPSA) is 40.6 Å². The molecule has 1 saturated heterocycles. The van der Waals surface area contributed by atoms with E-state index in [4.69, 9.17) is 0 Å². The first-order valence-electron chi connectivity index (χ1n) is 10.6. The lowest BCUT2D eigenvalue weighted by Gasteiger charge is -2.37. The van der Waals surface area contributed by atoms with Gasteiger partial charge in [-0.25, -0.2) is 12.7 Å². The Morgan fingerprint density at radius 1 is 1.11 bits per heavy atom. The fourth-order valence-electron chi connectivity index (χ4n) is 4.98. The van der Waals surface area contributed by atoms with Gasteiger partial charge in [0.25, 0.3) is 0 Å². The zero-order valence-corrected chi connectivity index (χ0v) is 18.0. The highest BCUT2D eigenvalue weighted by Gasteiger charge is 2.28. The molecule has 0 radical (unpaired) electrons. The van der Waals surface area contributed by atoms with Gasteiger partial charge in [-0.1, -0.05) is 31.2 Å². The van der Waals surface area contributed by atoms with Gasteiger partial charge in [0.2, 0.25) is 10.0 Å². The number of aryl methyl sites for hydroxylation is 1. The van der Waals surface area contributed by atoms with Gasteiger partial charge in [0.15, 0.2) is 0 Å². The maximum absolute atomic E-state index is 11.7. The van der Waals surface area contributed by atoms with Crippen molar-refractivity contribution in [1.29, 1.82) is 0 Å². The smallest absolute Gasteiger partial charge is 0.211 e. The predicted octanol–water partition coefficient (Wildman–Crippen LogP) is 3.56. The molecule has 2 aliphatic rings. The minimum atomic E-state index is -3.02. The molecule has 1 aliphatic heterocycles. The lowest BCUT2D eigenvalue weighted by atomic mass is 9.80. The number of benzene rings is 1. The summed E-state index contributed by atoms with van der Waals surface area (Å²) in [5.74, 6) is 1.41. The largest absolute Gasteiger partial charge is 0.301 e. The molecule has 0 amide bonds. The third-order valence-corrected chi connectivity index (χ3v) is 7.99. The van der Waals surface area contributed by atoms with Crippen molar-refractivity contribution in [2.75, 3.05) is 32.4 Å². The standard InChI is InChI=1S/C22H36N2O2S/c1-4-23(17-19-11-13-24(14-12-19)27(3,25)26)18(2)15-20-9-10-21-7-5-6-8-22(21)16-20/h5-8,18-20H,4,9-17H2,1-3H3. The van der Waals surface area contributed by atoms with Crippen molar-refractivity contribution >= 4 is 10.0 Å². The molecule has 0 aromatic heterocycles.